The molecule has 0 unspecified atom stereocenters. The summed E-state index contributed by atoms with van der Waals surface area (Å²) >= 11 is 0. The van der Waals surface area contributed by atoms with E-state index in [-0.39, 0.29) is 0 Å². The van der Waals surface area contributed by atoms with Crippen molar-refractivity contribution in [3.8, 4) is 0 Å². The highest BCUT2D eigenvalue weighted by Gasteiger charge is 2.41. The van der Waals surface area contributed by atoms with Crippen LogP contribution in [0.5, 0.6) is 0 Å². The Hall–Kier alpha value is -1.27. The van der Waals surface area contributed by atoms with E-state index in [9.17, 15) is 22.8 Å². The van der Waals surface area contributed by atoms with Crippen molar-refractivity contribution in [3.05, 3.63) is 0 Å². The SMILES string of the molecule is CC(C)(CCCCCC(C)(C)C(=O)O)NC(=O)C(F)(F)F. The maximum atomic E-state index is 12.2. The summed E-state index contributed by atoms with van der Waals surface area (Å²) in [6.45, 7) is 6.36. The molecule has 7 heteroatoms. The number of unbranched alkanes of at least 4 members (excludes halogenated alkanes) is 2. The van der Waals surface area contributed by atoms with Gasteiger partial charge in [-0.25, -0.2) is 0 Å². The molecule has 0 saturated carbocycles. The van der Waals surface area contributed by atoms with Gasteiger partial charge < -0.3 is 10.4 Å². The van der Waals surface area contributed by atoms with Crippen molar-refractivity contribution in [1.29, 1.82) is 0 Å². The monoisotopic (exact) mass is 311 g/mol. The number of carboxylic acid groups (broad SMARTS) is 1. The van der Waals surface area contributed by atoms with Gasteiger partial charge in [0.2, 0.25) is 0 Å². The molecular formula is C14H24F3NO3. The van der Waals surface area contributed by atoms with Crippen molar-refractivity contribution >= 4 is 11.9 Å². The van der Waals surface area contributed by atoms with Gasteiger partial charge in [-0.3, -0.25) is 9.59 Å². The molecule has 1 amide bonds. The van der Waals surface area contributed by atoms with Gasteiger partial charge in [-0.2, -0.15) is 13.2 Å². The van der Waals surface area contributed by atoms with Gasteiger partial charge in [0.15, 0.2) is 0 Å². The van der Waals surface area contributed by atoms with Gasteiger partial charge in [0, 0.05) is 5.54 Å². The van der Waals surface area contributed by atoms with Crippen LogP contribution in [0.3, 0.4) is 0 Å². The molecule has 4 nitrogen and oxygen atoms in total. The molecule has 0 aliphatic heterocycles. The van der Waals surface area contributed by atoms with Crippen LogP contribution in [0.15, 0.2) is 0 Å². The summed E-state index contributed by atoms with van der Waals surface area (Å²) in [5, 5.41) is 10.9. The Morgan fingerprint density at radius 1 is 0.952 bits per heavy atom. The van der Waals surface area contributed by atoms with E-state index in [1.165, 1.54) is 13.8 Å². The van der Waals surface area contributed by atoms with Gasteiger partial charge in [0.25, 0.3) is 0 Å². The predicted molar refractivity (Wildman–Crippen MR) is 72.8 cm³/mol. The van der Waals surface area contributed by atoms with Gasteiger partial charge >= 0.3 is 18.1 Å². The first-order valence-corrected chi connectivity index (χ1v) is 6.91. The molecule has 0 aliphatic carbocycles. The standard InChI is InChI=1S/C14H24F3NO3/c1-12(2,11(20)21)8-6-5-7-9-13(3,4)18-10(19)14(15,16)17/h5-9H2,1-4H3,(H,18,19)(H,20,21). The second-order valence-electron chi connectivity index (χ2n) is 6.59. The first-order valence-electron chi connectivity index (χ1n) is 6.91. The molecule has 0 bridgehead atoms. The van der Waals surface area contributed by atoms with Crippen LogP contribution in [0.2, 0.25) is 0 Å². The summed E-state index contributed by atoms with van der Waals surface area (Å²) in [4.78, 5) is 21.8. The summed E-state index contributed by atoms with van der Waals surface area (Å²) in [6.07, 6.45) is -1.94. The van der Waals surface area contributed by atoms with Crippen LogP contribution in [0.1, 0.15) is 59.8 Å². The van der Waals surface area contributed by atoms with Gasteiger partial charge in [-0.15, -0.1) is 0 Å². The maximum Gasteiger partial charge on any atom is 0.471 e. The van der Waals surface area contributed by atoms with Gasteiger partial charge in [0.1, 0.15) is 0 Å². The normalized spacial score (nSPS) is 13.1. The van der Waals surface area contributed by atoms with Crippen LogP contribution in [0.4, 0.5) is 13.2 Å². The molecule has 0 aromatic rings. The van der Waals surface area contributed by atoms with Crippen molar-refractivity contribution in [1.82, 2.24) is 5.32 Å². The lowest BCUT2D eigenvalue weighted by Crippen LogP contribution is -2.49. The Kier molecular flexibility index (Phi) is 6.70. The average Bonchev–Trinajstić information content (AvgIpc) is 2.25. The third kappa shape index (κ3) is 7.92. The van der Waals surface area contributed by atoms with E-state index in [1.54, 1.807) is 13.8 Å². The fourth-order valence-corrected chi connectivity index (χ4v) is 1.86. The molecule has 0 atom stereocenters. The molecule has 21 heavy (non-hydrogen) atoms. The first-order chi connectivity index (χ1) is 9.28. The van der Waals surface area contributed by atoms with Crippen molar-refractivity contribution in [2.24, 2.45) is 5.41 Å². The molecule has 0 aromatic carbocycles. The smallest absolute Gasteiger partial charge is 0.471 e. The fraction of sp³-hybridized carbons (Fsp3) is 0.857. The van der Waals surface area contributed by atoms with Crippen molar-refractivity contribution in [3.63, 3.8) is 0 Å². The topological polar surface area (TPSA) is 66.4 Å². The number of carboxylic acids is 1. The van der Waals surface area contributed by atoms with E-state index in [2.05, 4.69) is 0 Å². The summed E-state index contributed by atoms with van der Waals surface area (Å²) in [6, 6.07) is 0. The minimum absolute atomic E-state index is 0.405. The predicted octanol–water partition coefficient (Wildman–Crippen LogP) is 3.50. The highest BCUT2D eigenvalue weighted by atomic mass is 19.4. The highest BCUT2D eigenvalue weighted by Crippen LogP contribution is 2.25. The summed E-state index contributed by atoms with van der Waals surface area (Å²) in [5.41, 5.74) is -1.73. The van der Waals surface area contributed by atoms with Gasteiger partial charge in [-0.05, 0) is 40.5 Å². The lowest BCUT2D eigenvalue weighted by Gasteiger charge is -2.27. The van der Waals surface area contributed by atoms with E-state index < -0.39 is 29.0 Å². The average molecular weight is 311 g/mol. The Labute approximate surface area is 123 Å². The highest BCUT2D eigenvalue weighted by molar-refractivity contribution is 5.82. The third-order valence-electron chi connectivity index (χ3n) is 3.39. The lowest BCUT2D eigenvalue weighted by molar-refractivity contribution is -0.175. The van der Waals surface area contributed by atoms with Crippen molar-refractivity contribution < 1.29 is 27.9 Å². The summed E-state index contributed by atoms with van der Waals surface area (Å²) < 4.78 is 36.5. The number of aliphatic carboxylic acids is 1. The minimum Gasteiger partial charge on any atom is -0.481 e. The molecule has 0 spiro atoms. The van der Waals surface area contributed by atoms with E-state index in [0.717, 1.165) is 0 Å². The molecule has 0 radical (unpaired) electrons. The van der Waals surface area contributed by atoms with E-state index in [4.69, 9.17) is 5.11 Å². The Morgan fingerprint density at radius 3 is 1.86 bits per heavy atom. The summed E-state index contributed by atoms with van der Waals surface area (Å²) in [5.74, 6) is -2.79. The number of amides is 1. The van der Waals surface area contributed by atoms with E-state index in [0.29, 0.717) is 32.1 Å². The van der Waals surface area contributed by atoms with Gasteiger partial charge in [0.05, 0.1) is 5.41 Å². The molecule has 124 valence electrons. The van der Waals surface area contributed by atoms with Crippen LogP contribution in [-0.2, 0) is 9.59 Å². The van der Waals surface area contributed by atoms with E-state index in [1.807, 2.05) is 5.32 Å². The second-order valence-corrected chi connectivity index (χ2v) is 6.59. The lowest BCUT2D eigenvalue weighted by atomic mass is 9.86. The first kappa shape index (κ1) is 19.7. The van der Waals surface area contributed by atoms with Crippen LogP contribution in [0, 0.1) is 5.41 Å². The number of hydrogen-bond donors (Lipinski definition) is 2. The largest absolute Gasteiger partial charge is 0.481 e. The second kappa shape index (κ2) is 7.13. The summed E-state index contributed by atoms with van der Waals surface area (Å²) in [7, 11) is 0. The van der Waals surface area contributed by atoms with Gasteiger partial charge in [-0.1, -0.05) is 19.3 Å². The molecule has 0 aliphatic rings. The fourth-order valence-electron chi connectivity index (χ4n) is 1.86. The number of alkyl halides is 3. The number of carbonyl (C=O) groups is 2. The molecule has 0 rings (SSSR count). The van der Waals surface area contributed by atoms with E-state index >= 15 is 0 Å². The van der Waals surface area contributed by atoms with Crippen LogP contribution < -0.4 is 5.32 Å². The van der Waals surface area contributed by atoms with Crippen LogP contribution in [-0.4, -0.2) is 28.7 Å². The molecule has 0 aromatic heterocycles. The van der Waals surface area contributed by atoms with Crippen molar-refractivity contribution in [2.75, 3.05) is 0 Å². The maximum absolute atomic E-state index is 12.2. The van der Waals surface area contributed by atoms with Crippen LogP contribution in [0.25, 0.3) is 0 Å². The molecular weight excluding hydrogens is 287 g/mol. The van der Waals surface area contributed by atoms with Crippen molar-refractivity contribution in [2.45, 2.75) is 71.5 Å². The number of carbonyl (C=O) groups excluding carboxylic acids is 1. The third-order valence-corrected chi connectivity index (χ3v) is 3.39. The zero-order valence-corrected chi connectivity index (χ0v) is 12.9. The molecule has 2 N–H and O–H groups in total. The number of rotatable bonds is 8. The zero-order chi connectivity index (χ0) is 16.9. The zero-order valence-electron chi connectivity index (χ0n) is 12.9. The number of nitrogens with one attached hydrogen (secondary N) is 1. The quantitative estimate of drug-likeness (QED) is 0.674. The Balaban J connectivity index is 4.06. The Bertz CT molecular complexity index is 376. The number of hydrogen-bond acceptors (Lipinski definition) is 2. The molecule has 0 fully saturated rings. The Morgan fingerprint density at radius 2 is 1.43 bits per heavy atom. The molecule has 0 saturated heterocycles. The number of halogens is 3. The minimum atomic E-state index is -4.87. The van der Waals surface area contributed by atoms with Crippen LogP contribution >= 0.6 is 0 Å². The molecule has 0 heterocycles.